The summed E-state index contributed by atoms with van der Waals surface area (Å²) in [5.41, 5.74) is 3.36. The molecule has 6 N–H and O–H groups in total. The number of aliphatic hydroxyl groups excluding tert-OH is 3. The standard InChI is InChI=1S/C10H13N3O7/c11-8(18)6(17)7-4(15)5(16)9(20-7)13-2-1-3(14)12-10(13)19/h1-2,4-7,9,15-17H,(H2,11,18)(H,12,14,19)/t4-,5+,6?,7-,9+/m0/s1. The smallest absolute Gasteiger partial charge is 0.330 e. The Morgan fingerprint density at radius 3 is 2.60 bits per heavy atom. The number of aromatic nitrogens is 2. The van der Waals surface area contributed by atoms with Gasteiger partial charge in [0.15, 0.2) is 12.3 Å². The van der Waals surface area contributed by atoms with E-state index in [-0.39, 0.29) is 0 Å². The number of amides is 1. The third-order valence-electron chi connectivity index (χ3n) is 3.00. The van der Waals surface area contributed by atoms with Gasteiger partial charge in [-0.1, -0.05) is 0 Å². The quantitative estimate of drug-likeness (QED) is 0.377. The molecule has 10 heteroatoms. The second kappa shape index (κ2) is 5.17. The number of aliphatic hydroxyl groups is 3. The summed E-state index contributed by atoms with van der Waals surface area (Å²) in [5, 5.41) is 29.0. The molecule has 0 aromatic carbocycles. The molecule has 2 rings (SSSR count). The first kappa shape index (κ1) is 14.4. The van der Waals surface area contributed by atoms with Gasteiger partial charge in [0.2, 0.25) is 5.91 Å². The molecule has 0 aliphatic carbocycles. The molecule has 1 amide bonds. The van der Waals surface area contributed by atoms with Crippen molar-refractivity contribution in [2.24, 2.45) is 5.73 Å². The molecule has 2 heterocycles. The molecule has 1 saturated heterocycles. The van der Waals surface area contributed by atoms with Gasteiger partial charge in [0, 0.05) is 12.3 Å². The Bertz CT molecular complexity index is 624. The normalized spacial score (nSPS) is 31.1. The second-order valence-electron chi connectivity index (χ2n) is 4.34. The zero-order valence-electron chi connectivity index (χ0n) is 10.0. The van der Waals surface area contributed by atoms with Gasteiger partial charge in [0.05, 0.1) is 0 Å². The summed E-state index contributed by atoms with van der Waals surface area (Å²) < 4.78 is 5.93. The van der Waals surface area contributed by atoms with Crippen LogP contribution in [0.25, 0.3) is 0 Å². The Morgan fingerprint density at radius 2 is 2.05 bits per heavy atom. The van der Waals surface area contributed by atoms with E-state index in [2.05, 4.69) is 0 Å². The Hall–Kier alpha value is -2.01. The van der Waals surface area contributed by atoms with Crippen molar-refractivity contribution in [1.82, 2.24) is 9.55 Å². The maximum absolute atomic E-state index is 11.6. The first-order valence-electron chi connectivity index (χ1n) is 5.63. The Labute approximate surface area is 111 Å². The molecular formula is C10H13N3O7. The molecule has 1 aliphatic heterocycles. The monoisotopic (exact) mass is 287 g/mol. The zero-order chi connectivity index (χ0) is 15.0. The third-order valence-corrected chi connectivity index (χ3v) is 3.00. The lowest BCUT2D eigenvalue weighted by molar-refractivity contribution is -0.140. The van der Waals surface area contributed by atoms with Crippen LogP contribution in [-0.4, -0.2) is 55.2 Å². The van der Waals surface area contributed by atoms with Gasteiger partial charge in [-0.05, 0) is 0 Å². The number of nitrogens with one attached hydrogen (secondary N) is 1. The van der Waals surface area contributed by atoms with Crippen molar-refractivity contribution < 1.29 is 24.9 Å². The van der Waals surface area contributed by atoms with Crippen LogP contribution in [0, 0.1) is 0 Å². The number of primary amides is 1. The van der Waals surface area contributed by atoms with Gasteiger partial charge in [-0.25, -0.2) is 4.79 Å². The summed E-state index contributed by atoms with van der Waals surface area (Å²) in [5.74, 6) is -1.14. The SMILES string of the molecule is NC(=O)C(O)[C@H]1O[C@@H](n2ccc(=O)[nH]c2=O)[C@H](O)[C@@H]1O. The number of rotatable bonds is 3. The Balaban J connectivity index is 2.33. The number of nitrogens with two attached hydrogens (primary N) is 1. The summed E-state index contributed by atoms with van der Waals surface area (Å²) in [7, 11) is 0. The summed E-state index contributed by atoms with van der Waals surface area (Å²) >= 11 is 0. The van der Waals surface area contributed by atoms with Crippen LogP contribution < -0.4 is 17.0 Å². The van der Waals surface area contributed by atoms with Gasteiger partial charge in [-0.2, -0.15) is 0 Å². The molecule has 1 aliphatic rings. The molecule has 0 radical (unpaired) electrons. The lowest BCUT2D eigenvalue weighted by Crippen LogP contribution is -2.45. The van der Waals surface area contributed by atoms with E-state index >= 15 is 0 Å². The average molecular weight is 287 g/mol. The number of hydrogen-bond acceptors (Lipinski definition) is 7. The van der Waals surface area contributed by atoms with Crippen molar-refractivity contribution in [3.63, 3.8) is 0 Å². The molecule has 0 saturated carbocycles. The van der Waals surface area contributed by atoms with E-state index in [4.69, 9.17) is 10.5 Å². The van der Waals surface area contributed by atoms with Crippen LogP contribution in [0.1, 0.15) is 6.23 Å². The highest BCUT2D eigenvalue weighted by atomic mass is 16.6. The molecule has 1 fully saturated rings. The van der Waals surface area contributed by atoms with E-state index in [1.807, 2.05) is 4.98 Å². The molecule has 10 nitrogen and oxygen atoms in total. The van der Waals surface area contributed by atoms with E-state index in [1.54, 1.807) is 0 Å². The predicted octanol–water partition coefficient (Wildman–Crippen LogP) is -4.00. The highest BCUT2D eigenvalue weighted by Crippen LogP contribution is 2.29. The van der Waals surface area contributed by atoms with E-state index < -0.39 is 47.8 Å². The highest BCUT2D eigenvalue weighted by molar-refractivity contribution is 5.79. The fourth-order valence-electron chi connectivity index (χ4n) is 1.97. The van der Waals surface area contributed by atoms with Crippen LogP contribution in [0.2, 0.25) is 0 Å². The van der Waals surface area contributed by atoms with Crippen molar-refractivity contribution in [2.75, 3.05) is 0 Å². The van der Waals surface area contributed by atoms with Crippen molar-refractivity contribution in [3.05, 3.63) is 33.1 Å². The highest BCUT2D eigenvalue weighted by Gasteiger charge is 2.48. The van der Waals surface area contributed by atoms with Crippen LogP contribution in [-0.2, 0) is 9.53 Å². The average Bonchev–Trinajstić information content (AvgIpc) is 2.66. The second-order valence-corrected chi connectivity index (χ2v) is 4.34. The molecule has 110 valence electrons. The van der Waals surface area contributed by atoms with E-state index in [0.717, 1.165) is 16.8 Å². The molecule has 0 spiro atoms. The topological polar surface area (TPSA) is 168 Å². The summed E-state index contributed by atoms with van der Waals surface area (Å²) in [6.45, 7) is 0. The third kappa shape index (κ3) is 2.36. The lowest BCUT2D eigenvalue weighted by Gasteiger charge is -2.18. The first-order valence-corrected chi connectivity index (χ1v) is 5.63. The van der Waals surface area contributed by atoms with Crippen molar-refractivity contribution in [1.29, 1.82) is 0 Å². The lowest BCUT2D eigenvalue weighted by atomic mass is 10.1. The minimum Gasteiger partial charge on any atom is -0.387 e. The van der Waals surface area contributed by atoms with Gasteiger partial charge in [0.25, 0.3) is 5.56 Å². The Kier molecular flexibility index (Phi) is 3.72. The van der Waals surface area contributed by atoms with E-state index in [1.165, 1.54) is 0 Å². The molecule has 1 unspecified atom stereocenters. The van der Waals surface area contributed by atoms with Crippen molar-refractivity contribution >= 4 is 5.91 Å². The van der Waals surface area contributed by atoms with Gasteiger partial charge in [-0.3, -0.25) is 19.1 Å². The molecule has 0 bridgehead atoms. The van der Waals surface area contributed by atoms with Gasteiger partial charge >= 0.3 is 5.69 Å². The summed E-state index contributed by atoms with van der Waals surface area (Å²) in [6, 6.07) is 1.02. The molecule has 5 atom stereocenters. The van der Waals surface area contributed by atoms with Crippen LogP contribution >= 0.6 is 0 Å². The minimum absolute atomic E-state index is 0.645. The summed E-state index contributed by atoms with van der Waals surface area (Å²) in [6.07, 6.45) is -6.84. The van der Waals surface area contributed by atoms with E-state index in [0.29, 0.717) is 0 Å². The van der Waals surface area contributed by atoms with E-state index in [9.17, 15) is 29.7 Å². The zero-order valence-corrected chi connectivity index (χ0v) is 10.0. The van der Waals surface area contributed by atoms with Gasteiger partial charge in [0.1, 0.15) is 18.3 Å². The predicted molar refractivity (Wildman–Crippen MR) is 62.4 cm³/mol. The van der Waals surface area contributed by atoms with Crippen LogP contribution in [0.5, 0.6) is 0 Å². The molecule has 20 heavy (non-hydrogen) atoms. The molecule has 1 aromatic heterocycles. The Morgan fingerprint density at radius 1 is 1.40 bits per heavy atom. The minimum atomic E-state index is -1.84. The van der Waals surface area contributed by atoms with Crippen molar-refractivity contribution in [2.45, 2.75) is 30.6 Å². The molecule has 1 aromatic rings. The van der Waals surface area contributed by atoms with Crippen LogP contribution in [0.4, 0.5) is 0 Å². The van der Waals surface area contributed by atoms with Crippen molar-refractivity contribution in [3.8, 4) is 0 Å². The maximum atomic E-state index is 11.6. The van der Waals surface area contributed by atoms with Gasteiger partial charge in [-0.15, -0.1) is 0 Å². The van der Waals surface area contributed by atoms with Crippen LogP contribution in [0.15, 0.2) is 21.9 Å². The number of H-pyrrole nitrogens is 1. The largest absolute Gasteiger partial charge is 0.387 e. The number of aromatic amines is 1. The molecular weight excluding hydrogens is 274 g/mol. The first-order chi connectivity index (χ1) is 9.32. The number of carbonyl (C=O) groups excluding carboxylic acids is 1. The maximum Gasteiger partial charge on any atom is 0.330 e. The fraction of sp³-hybridized carbons (Fsp3) is 0.500. The number of carbonyl (C=O) groups is 1. The number of nitrogens with zero attached hydrogens (tertiary/aromatic N) is 1. The number of ether oxygens (including phenoxy) is 1. The number of hydrogen-bond donors (Lipinski definition) is 5. The summed E-state index contributed by atoms with van der Waals surface area (Å²) in [4.78, 5) is 35.3. The fourth-order valence-corrected chi connectivity index (χ4v) is 1.97. The van der Waals surface area contributed by atoms with Gasteiger partial charge < -0.3 is 25.8 Å². The van der Waals surface area contributed by atoms with Crippen LogP contribution in [0.3, 0.4) is 0 Å².